The van der Waals surface area contributed by atoms with Crippen LogP contribution in [-0.4, -0.2) is 36.6 Å². The Morgan fingerprint density at radius 1 is 1.41 bits per heavy atom. The van der Waals surface area contributed by atoms with Gasteiger partial charge in [-0.25, -0.2) is 0 Å². The average Bonchev–Trinajstić information content (AvgIpc) is 2.75. The SMILES string of the molecule is CCCN1CCC[C@@H]1C(=O)OCC(C)(C)CC. The smallest absolute Gasteiger partial charge is 0.323 e. The molecule has 1 aliphatic rings. The van der Waals surface area contributed by atoms with Crippen LogP contribution >= 0.6 is 0 Å². The van der Waals surface area contributed by atoms with Crippen molar-refractivity contribution in [3.05, 3.63) is 0 Å². The molecule has 100 valence electrons. The molecule has 0 N–H and O–H groups in total. The number of hydrogen-bond donors (Lipinski definition) is 0. The van der Waals surface area contributed by atoms with E-state index in [2.05, 4.69) is 32.6 Å². The largest absolute Gasteiger partial charge is 0.464 e. The Hall–Kier alpha value is -0.570. The molecule has 1 aliphatic heterocycles. The van der Waals surface area contributed by atoms with E-state index in [-0.39, 0.29) is 17.4 Å². The molecule has 3 heteroatoms. The molecule has 0 aromatic rings. The van der Waals surface area contributed by atoms with Crippen molar-refractivity contribution < 1.29 is 9.53 Å². The predicted molar refractivity (Wildman–Crippen MR) is 69.9 cm³/mol. The minimum absolute atomic E-state index is 0.0162. The lowest BCUT2D eigenvalue weighted by Crippen LogP contribution is -2.38. The summed E-state index contributed by atoms with van der Waals surface area (Å²) in [6.07, 6.45) is 4.22. The highest BCUT2D eigenvalue weighted by Gasteiger charge is 2.32. The van der Waals surface area contributed by atoms with Crippen LogP contribution in [0.2, 0.25) is 0 Å². The van der Waals surface area contributed by atoms with E-state index in [0.717, 1.165) is 38.8 Å². The number of rotatable bonds is 6. The first kappa shape index (κ1) is 14.5. The maximum absolute atomic E-state index is 12.0. The molecule has 0 spiro atoms. The number of carbonyl (C=O) groups excluding carboxylic acids is 1. The quantitative estimate of drug-likeness (QED) is 0.670. The summed E-state index contributed by atoms with van der Waals surface area (Å²) < 4.78 is 5.48. The second-order valence-corrected chi connectivity index (χ2v) is 5.82. The second-order valence-electron chi connectivity index (χ2n) is 5.82. The van der Waals surface area contributed by atoms with Gasteiger partial charge in [-0.1, -0.05) is 27.7 Å². The molecular weight excluding hydrogens is 214 g/mol. The van der Waals surface area contributed by atoms with E-state index in [1.165, 1.54) is 0 Å². The van der Waals surface area contributed by atoms with E-state index in [9.17, 15) is 4.79 Å². The number of hydrogen-bond acceptors (Lipinski definition) is 3. The van der Waals surface area contributed by atoms with Gasteiger partial charge in [-0.2, -0.15) is 0 Å². The summed E-state index contributed by atoms with van der Waals surface area (Å²) in [6.45, 7) is 11.2. The van der Waals surface area contributed by atoms with E-state index in [4.69, 9.17) is 4.74 Å². The van der Waals surface area contributed by atoms with Crippen molar-refractivity contribution in [3.8, 4) is 0 Å². The Bertz CT molecular complexity index is 251. The highest BCUT2D eigenvalue weighted by molar-refractivity contribution is 5.76. The van der Waals surface area contributed by atoms with Gasteiger partial charge < -0.3 is 4.74 Å². The molecule has 0 bridgehead atoms. The number of carbonyl (C=O) groups is 1. The fourth-order valence-electron chi connectivity index (χ4n) is 2.11. The van der Waals surface area contributed by atoms with Gasteiger partial charge in [0.1, 0.15) is 6.04 Å². The minimum atomic E-state index is -0.0162. The Kier molecular flexibility index (Phi) is 5.44. The maximum atomic E-state index is 12.0. The molecule has 0 amide bonds. The van der Waals surface area contributed by atoms with Crippen LogP contribution < -0.4 is 0 Å². The van der Waals surface area contributed by atoms with Crippen LogP contribution in [0.5, 0.6) is 0 Å². The lowest BCUT2D eigenvalue weighted by Gasteiger charge is -2.26. The van der Waals surface area contributed by atoms with Crippen molar-refractivity contribution in [1.82, 2.24) is 4.90 Å². The van der Waals surface area contributed by atoms with Crippen molar-refractivity contribution >= 4 is 5.97 Å². The summed E-state index contributed by atoms with van der Waals surface area (Å²) >= 11 is 0. The van der Waals surface area contributed by atoms with Gasteiger partial charge in [0.25, 0.3) is 0 Å². The van der Waals surface area contributed by atoms with Crippen LogP contribution in [0.4, 0.5) is 0 Å². The normalized spacial score (nSPS) is 21.8. The fourth-order valence-corrected chi connectivity index (χ4v) is 2.11. The van der Waals surface area contributed by atoms with Crippen molar-refractivity contribution in [1.29, 1.82) is 0 Å². The molecule has 0 unspecified atom stereocenters. The van der Waals surface area contributed by atoms with Crippen molar-refractivity contribution in [2.45, 2.75) is 59.4 Å². The summed E-state index contributed by atoms with van der Waals surface area (Å²) in [7, 11) is 0. The molecule has 0 radical (unpaired) electrons. The van der Waals surface area contributed by atoms with Crippen LogP contribution in [0.1, 0.15) is 53.4 Å². The zero-order valence-corrected chi connectivity index (χ0v) is 11.8. The highest BCUT2D eigenvalue weighted by atomic mass is 16.5. The third-order valence-corrected chi connectivity index (χ3v) is 3.71. The van der Waals surface area contributed by atoms with Gasteiger partial charge in [0.05, 0.1) is 6.61 Å². The standard InChI is InChI=1S/C14H27NO2/c1-5-9-15-10-7-8-12(15)13(16)17-11-14(3,4)6-2/h12H,5-11H2,1-4H3/t12-/m1/s1. The first-order chi connectivity index (χ1) is 8.00. The zero-order chi connectivity index (χ0) is 12.9. The van der Waals surface area contributed by atoms with Gasteiger partial charge in [0, 0.05) is 0 Å². The molecule has 0 saturated carbocycles. The molecule has 1 heterocycles. The Morgan fingerprint density at radius 3 is 2.71 bits per heavy atom. The minimum Gasteiger partial charge on any atom is -0.464 e. The first-order valence-electron chi connectivity index (χ1n) is 6.91. The van der Waals surface area contributed by atoms with E-state index in [0.29, 0.717) is 6.61 Å². The monoisotopic (exact) mass is 241 g/mol. The van der Waals surface area contributed by atoms with Crippen LogP contribution in [-0.2, 0) is 9.53 Å². The van der Waals surface area contributed by atoms with E-state index in [1.807, 2.05) is 0 Å². The molecule has 0 aromatic carbocycles. The summed E-state index contributed by atoms with van der Waals surface area (Å²) in [5.41, 5.74) is 0.101. The zero-order valence-electron chi connectivity index (χ0n) is 11.8. The summed E-state index contributed by atoms with van der Waals surface area (Å²) in [4.78, 5) is 14.3. The van der Waals surface area contributed by atoms with Crippen LogP contribution in [0.25, 0.3) is 0 Å². The topological polar surface area (TPSA) is 29.5 Å². The van der Waals surface area contributed by atoms with Gasteiger partial charge >= 0.3 is 5.97 Å². The Labute approximate surface area is 106 Å². The molecule has 1 atom stereocenters. The van der Waals surface area contributed by atoms with E-state index >= 15 is 0 Å². The number of nitrogens with zero attached hydrogens (tertiary/aromatic N) is 1. The number of esters is 1. The van der Waals surface area contributed by atoms with Gasteiger partial charge in [0.15, 0.2) is 0 Å². The van der Waals surface area contributed by atoms with Crippen molar-refractivity contribution in [3.63, 3.8) is 0 Å². The van der Waals surface area contributed by atoms with Crippen LogP contribution in [0.3, 0.4) is 0 Å². The lowest BCUT2D eigenvalue weighted by atomic mass is 9.92. The predicted octanol–water partition coefficient (Wildman–Crippen LogP) is 2.84. The molecule has 0 aromatic heterocycles. The number of ether oxygens (including phenoxy) is 1. The number of likely N-dealkylation sites (tertiary alicyclic amines) is 1. The summed E-state index contributed by atoms with van der Waals surface area (Å²) in [5, 5.41) is 0. The summed E-state index contributed by atoms with van der Waals surface area (Å²) in [5.74, 6) is -0.0162. The van der Waals surface area contributed by atoms with Gasteiger partial charge in [0.2, 0.25) is 0 Å². The van der Waals surface area contributed by atoms with Crippen LogP contribution in [0, 0.1) is 5.41 Å². The molecule has 1 fully saturated rings. The second kappa shape index (κ2) is 6.39. The Balaban J connectivity index is 2.41. The van der Waals surface area contributed by atoms with E-state index in [1.54, 1.807) is 0 Å². The van der Waals surface area contributed by atoms with Gasteiger partial charge in [-0.05, 0) is 44.2 Å². The Morgan fingerprint density at radius 2 is 2.12 bits per heavy atom. The molecular formula is C14H27NO2. The third kappa shape index (κ3) is 4.30. The fraction of sp³-hybridized carbons (Fsp3) is 0.929. The highest BCUT2D eigenvalue weighted by Crippen LogP contribution is 2.22. The molecule has 1 rings (SSSR count). The maximum Gasteiger partial charge on any atom is 0.323 e. The van der Waals surface area contributed by atoms with Gasteiger partial charge in [-0.3, -0.25) is 9.69 Å². The van der Waals surface area contributed by atoms with Crippen molar-refractivity contribution in [2.24, 2.45) is 5.41 Å². The molecule has 17 heavy (non-hydrogen) atoms. The average molecular weight is 241 g/mol. The van der Waals surface area contributed by atoms with E-state index < -0.39 is 0 Å². The third-order valence-electron chi connectivity index (χ3n) is 3.71. The summed E-state index contributed by atoms with van der Waals surface area (Å²) in [6, 6.07) is 0.0163. The molecule has 0 aliphatic carbocycles. The molecule has 1 saturated heterocycles. The van der Waals surface area contributed by atoms with Crippen molar-refractivity contribution in [2.75, 3.05) is 19.7 Å². The molecule has 3 nitrogen and oxygen atoms in total. The first-order valence-corrected chi connectivity index (χ1v) is 6.91. The van der Waals surface area contributed by atoms with Crippen LogP contribution in [0.15, 0.2) is 0 Å². The lowest BCUT2D eigenvalue weighted by molar-refractivity contribution is -0.152. The van der Waals surface area contributed by atoms with Gasteiger partial charge in [-0.15, -0.1) is 0 Å².